The summed E-state index contributed by atoms with van der Waals surface area (Å²) in [6.45, 7) is 11.1. The molecule has 0 saturated heterocycles. The number of nitrogens with one attached hydrogen (secondary N) is 1. The maximum Gasteiger partial charge on any atom is 0.310 e. The summed E-state index contributed by atoms with van der Waals surface area (Å²) in [6, 6.07) is 12.9. The van der Waals surface area contributed by atoms with Crippen LogP contribution in [-0.4, -0.2) is 12.6 Å². The van der Waals surface area contributed by atoms with Crippen LogP contribution >= 0.6 is 23.2 Å². The molecule has 210 valence electrons. The molecule has 0 amide bonds. The molecule has 39 heavy (non-hydrogen) atoms. The molecule has 2 rings (SSSR count). The first-order valence-electron chi connectivity index (χ1n) is 13.7. The van der Waals surface area contributed by atoms with Crippen LogP contribution in [0.3, 0.4) is 0 Å². The van der Waals surface area contributed by atoms with Crippen molar-refractivity contribution in [3.63, 3.8) is 0 Å². The van der Waals surface area contributed by atoms with E-state index in [0.717, 1.165) is 49.8 Å². The molecule has 0 aliphatic heterocycles. The fourth-order valence-electron chi connectivity index (χ4n) is 4.02. The molecule has 2 aromatic rings. The molecule has 5 heteroatoms. The number of hydrogen-bond donors (Lipinski definition) is 1. The van der Waals surface area contributed by atoms with Crippen molar-refractivity contribution in [2.45, 2.75) is 79.6 Å². The minimum Gasteiger partial charge on any atom is -0.461 e. The molecule has 3 nitrogen and oxygen atoms in total. The van der Waals surface area contributed by atoms with E-state index >= 15 is 0 Å². The number of allylic oxidation sites excluding steroid dienone is 7. The van der Waals surface area contributed by atoms with Crippen LogP contribution in [0.15, 0.2) is 89.1 Å². The third kappa shape index (κ3) is 13.2. The van der Waals surface area contributed by atoms with Gasteiger partial charge >= 0.3 is 5.97 Å². The lowest BCUT2D eigenvalue weighted by Gasteiger charge is -2.14. The van der Waals surface area contributed by atoms with E-state index in [-0.39, 0.29) is 19.0 Å². The summed E-state index contributed by atoms with van der Waals surface area (Å²) in [4.78, 5) is 12.5. The predicted octanol–water partition coefficient (Wildman–Crippen LogP) is 11.0. The molecule has 0 saturated carbocycles. The number of anilines is 2. The van der Waals surface area contributed by atoms with Crippen molar-refractivity contribution in [2.75, 3.05) is 11.9 Å². The molecule has 0 fully saturated rings. The molecule has 0 atom stereocenters. The maximum absolute atomic E-state index is 12.5. The average Bonchev–Trinajstić information content (AvgIpc) is 2.87. The quantitative estimate of drug-likeness (QED) is 0.172. The number of benzene rings is 2. The Balaban J connectivity index is 1.75. The van der Waals surface area contributed by atoms with Crippen LogP contribution in [0.5, 0.6) is 0 Å². The smallest absolute Gasteiger partial charge is 0.310 e. The van der Waals surface area contributed by atoms with Gasteiger partial charge in [0.05, 0.1) is 22.2 Å². The van der Waals surface area contributed by atoms with E-state index in [0.29, 0.717) is 15.7 Å². The largest absolute Gasteiger partial charge is 0.461 e. The van der Waals surface area contributed by atoms with Crippen molar-refractivity contribution in [1.82, 2.24) is 0 Å². The van der Waals surface area contributed by atoms with E-state index in [1.165, 1.54) is 22.3 Å². The molecule has 0 heterocycles. The topological polar surface area (TPSA) is 38.3 Å². The molecule has 0 aliphatic carbocycles. The Morgan fingerprint density at radius 2 is 1.28 bits per heavy atom. The minimum atomic E-state index is -0.279. The Hall–Kier alpha value is -2.75. The molecule has 0 bridgehead atoms. The van der Waals surface area contributed by atoms with Crippen molar-refractivity contribution in [1.29, 1.82) is 0 Å². The van der Waals surface area contributed by atoms with Crippen molar-refractivity contribution in [3.8, 4) is 0 Å². The summed E-state index contributed by atoms with van der Waals surface area (Å²) in [5.74, 6) is -0.279. The Kier molecular flexibility index (Phi) is 14.8. The second kappa shape index (κ2) is 17.8. The van der Waals surface area contributed by atoms with Crippen molar-refractivity contribution in [3.05, 3.63) is 105 Å². The van der Waals surface area contributed by atoms with E-state index in [1.807, 2.05) is 30.3 Å². The normalized spacial score (nSPS) is 12.3. The molecule has 0 unspecified atom stereocenters. The fourth-order valence-corrected chi connectivity index (χ4v) is 4.51. The lowest BCUT2D eigenvalue weighted by atomic mass is 10.0. The molecule has 1 N–H and O–H groups in total. The van der Waals surface area contributed by atoms with Crippen molar-refractivity contribution < 1.29 is 9.53 Å². The minimum absolute atomic E-state index is 0.156. The number of ether oxygens (including phenoxy) is 1. The number of esters is 1. The number of carbonyl (C=O) groups is 1. The number of para-hydroxylation sites is 2. The SMILES string of the molecule is CC(C)=CCC/C(C)=C/CC/C(C)=C/CC/C(C)=C/COC(=O)Cc1ccccc1Nc1c(Cl)cccc1Cl. The highest BCUT2D eigenvalue weighted by Crippen LogP contribution is 2.33. The summed E-state index contributed by atoms with van der Waals surface area (Å²) < 4.78 is 5.49. The summed E-state index contributed by atoms with van der Waals surface area (Å²) in [5.41, 5.74) is 7.71. The summed E-state index contributed by atoms with van der Waals surface area (Å²) in [6.07, 6.45) is 15.6. The van der Waals surface area contributed by atoms with Crippen LogP contribution in [0.1, 0.15) is 78.7 Å². The third-order valence-electron chi connectivity index (χ3n) is 6.40. The van der Waals surface area contributed by atoms with Crippen LogP contribution in [0.25, 0.3) is 0 Å². The van der Waals surface area contributed by atoms with Gasteiger partial charge in [-0.3, -0.25) is 4.79 Å². The van der Waals surface area contributed by atoms with Gasteiger partial charge in [-0.2, -0.15) is 0 Å². The highest BCUT2D eigenvalue weighted by molar-refractivity contribution is 6.39. The zero-order chi connectivity index (χ0) is 28.6. The second-order valence-corrected chi connectivity index (χ2v) is 11.1. The Labute approximate surface area is 245 Å². The van der Waals surface area contributed by atoms with Crippen LogP contribution < -0.4 is 5.32 Å². The van der Waals surface area contributed by atoms with Crippen LogP contribution in [-0.2, 0) is 16.0 Å². The van der Waals surface area contributed by atoms with Crippen molar-refractivity contribution in [2.24, 2.45) is 0 Å². The Bertz CT molecular complexity index is 1180. The molecule has 0 aromatic heterocycles. The number of carbonyl (C=O) groups excluding carboxylic acids is 1. The van der Waals surface area contributed by atoms with Gasteiger partial charge in [-0.05, 0) is 103 Å². The van der Waals surface area contributed by atoms with E-state index in [9.17, 15) is 4.79 Å². The van der Waals surface area contributed by atoms with Crippen LogP contribution in [0.4, 0.5) is 11.4 Å². The third-order valence-corrected chi connectivity index (χ3v) is 7.03. The van der Waals surface area contributed by atoms with E-state index < -0.39 is 0 Å². The van der Waals surface area contributed by atoms with Gasteiger partial charge in [0.1, 0.15) is 6.61 Å². The van der Waals surface area contributed by atoms with E-state index in [2.05, 4.69) is 58.2 Å². The van der Waals surface area contributed by atoms with Gasteiger partial charge < -0.3 is 10.1 Å². The Morgan fingerprint density at radius 1 is 0.744 bits per heavy atom. The van der Waals surface area contributed by atoms with Crippen LogP contribution in [0, 0.1) is 0 Å². The molecular weight excluding hydrogens is 525 g/mol. The first kappa shape index (κ1) is 32.5. The summed E-state index contributed by atoms with van der Waals surface area (Å²) in [5, 5.41) is 4.29. The molecule has 0 aliphatic rings. The lowest BCUT2D eigenvalue weighted by Crippen LogP contribution is -2.10. The van der Waals surface area contributed by atoms with E-state index in [1.54, 1.807) is 18.2 Å². The van der Waals surface area contributed by atoms with Gasteiger partial charge in [0.2, 0.25) is 0 Å². The first-order chi connectivity index (χ1) is 18.7. The zero-order valence-electron chi connectivity index (χ0n) is 24.1. The molecule has 0 radical (unpaired) electrons. The van der Waals surface area contributed by atoms with E-state index in [4.69, 9.17) is 27.9 Å². The monoisotopic (exact) mass is 567 g/mol. The van der Waals surface area contributed by atoms with Gasteiger partial charge in [0.15, 0.2) is 0 Å². The second-order valence-electron chi connectivity index (χ2n) is 10.3. The van der Waals surface area contributed by atoms with Gasteiger partial charge in [-0.15, -0.1) is 0 Å². The number of rotatable bonds is 15. The lowest BCUT2D eigenvalue weighted by molar-refractivity contribution is -0.141. The predicted molar refractivity (Wildman–Crippen MR) is 169 cm³/mol. The Morgan fingerprint density at radius 3 is 1.87 bits per heavy atom. The molecule has 2 aromatic carbocycles. The zero-order valence-corrected chi connectivity index (χ0v) is 25.6. The van der Waals surface area contributed by atoms with Gasteiger partial charge in [0, 0.05) is 5.69 Å². The number of hydrogen-bond acceptors (Lipinski definition) is 3. The average molecular weight is 569 g/mol. The fraction of sp³-hybridized carbons (Fsp3) is 0.382. The highest BCUT2D eigenvalue weighted by Gasteiger charge is 2.12. The molecular formula is C34H43Cl2NO2. The van der Waals surface area contributed by atoms with Crippen LogP contribution in [0.2, 0.25) is 10.0 Å². The van der Waals surface area contributed by atoms with Gasteiger partial charge in [-0.25, -0.2) is 0 Å². The van der Waals surface area contributed by atoms with Gasteiger partial charge in [-0.1, -0.05) is 88.0 Å². The highest BCUT2D eigenvalue weighted by atomic mass is 35.5. The maximum atomic E-state index is 12.5. The standard InChI is InChI=1S/C34H43Cl2NO2/c1-25(2)12-8-13-26(3)14-9-15-27(4)16-10-17-28(5)22-23-39-33(38)24-29-18-6-7-21-32(29)37-34-30(35)19-11-20-31(34)36/h6-7,11-12,14,16,18-22,37H,8-10,13,15,17,23-24H2,1-5H3/b26-14+,27-16+,28-22+. The van der Waals surface area contributed by atoms with Crippen molar-refractivity contribution >= 4 is 40.5 Å². The molecule has 0 spiro atoms. The first-order valence-corrected chi connectivity index (χ1v) is 14.5. The summed E-state index contributed by atoms with van der Waals surface area (Å²) in [7, 11) is 0. The van der Waals surface area contributed by atoms with Gasteiger partial charge in [0.25, 0.3) is 0 Å². The summed E-state index contributed by atoms with van der Waals surface area (Å²) >= 11 is 12.6. The number of halogens is 2.